The lowest BCUT2D eigenvalue weighted by Crippen LogP contribution is -2.42. The Morgan fingerprint density at radius 1 is 1.17 bits per heavy atom. The van der Waals surface area contributed by atoms with Crippen LogP contribution in [0.1, 0.15) is 52.4 Å². The monoisotopic (exact) mass is 275 g/mol. The van der Waals surface area contributed by atoms with Crippen molar-refractivity contribution in [3.63, 3.8) is 0 Å². The molecule has 0 aromatic heterocycles. The van der Waals surface area contributed by atoms with Crippen molar-refractivity contribution in [1.82, 2.24) is 5.32 Å². The lowest BCUT2D eigenvalue weighted by atomic mass is 10.1. The molecule has 0 bridgehead atoms. The van der Waals surface area contributed by atoms with Crippen LogP contribution in [0.3, 0.4) is 0 Å². The van der Waals surface area contributed by atoms with Crippen molar-refractivity contribution in [2.45, 2.75) is 58.4 Å². The number of esters is 1. The quantitative estimate of drug-likeness (QED) is 0.365. The lowest BCUT2D eigenvalue weighted by Gasteiger charge is -2.14. The number of amides is 1. The molecule has 0 aromatic rings. The van der Waals surface area contributed by atoms with Gasteiger partial charge in [0, 0.05) is 12.7 Å². The molecule has 0 aromatic carbocycles. The summed E-state index contributed by atoms with van der Waals surface area (Å²) < 4.78 is 5.10. The van der Waals surface area contributed by atoms with E-state index in [4.69, 9.17) is 4.74 Å². The highest BCUT2D eigenvalue weighted by molar-refractivity contribution is 7.80. The smallest absolute Gasteiger partial charge is 0.329 e. The molecule has 0 saturated carbocycles. The summed E-state index contributed by atoms with van der Waals surface area (Å²) in [5.74, 6) is -0.381. The van der Waals surface area contributed by atoms with Crippen LogP contribution in [0.5, 0.6) is 0 Å². The minimum atomic E-state index is -0.633. The summed E-state index contributed by atoms with van der Waals surface area (Å²) in [6.07, 6.45) is 6.90. The Hall–Kier alpha value is -0.710. The largest absolute Gasteiger partial charge is 0.464 e. The van der Waals surface area contributed by atoms with E-state index in [0.29, 0.717) is 6.61 Å². The predicted octanol–water partition coefficient (Wildman–Crippen LogP) is 2.32. The highest BCUT2D eigenvalue weighted by Crippen LogP contribution is 2.05. The van der Waals surface area contributed by atoms with Gasteiger partial charge in [0.1, 0.15) is 6.04 Å². The first-order chi connectivity index (χ1) is 8.61. The van der Waals surface area contributed by atoms with E-state index in [9.17, 15) is 9.59 Å². The minimum absolute atomic E-state index is 0.245. The molecule has 0 aliphatic carbocycles. The number of unbranched alkanes of at least 4 members (excludes halogenated alkanes) is 5. The summed E-state index contributed by atoms with van der Waals surface area (Å²) in [6, 6.07) is -0.633. The van der Waals surface area contributed by atoms with Gasteiger partial charge in [0.25, 0.3) is 0 Å². The second-order valence-corrected chi connectivity index (χ2v) is 4.74. The van der Waals surface area contributed by atoms with Gasteiger partial charge in [0.05, 0.1) is 6.61 Å². The normalized spacial score (nSPS) is 11.9. The summed E-state index contributed by atoms with van der Waals surface area (Å²) in [5, 5.41) is 2.51. The molecule has 5 heteroatoms. The molecular weight excluding hydrogens is 250 g/mol. The number of hydrogen-bond donors (Lipinski definition) is 2. The Morgan fingerprint density at radius 2 is 1.78 bits per heavy atom. The number of carbonyl (C=O) groups excluding carboxylic acids is 2. The number of rotatable bonds is 10. The van der Waals surface area contributed by atoms with E-state index in [-0.39, 0.29) is 11.7 Å². The van der Waals surface area contributed by atoms with Gasteiger partial charge in [-0.05, 0) is 6.42 Å². The van der Waals surface area contributed by atoms with E-state index in [1.807, 2.05) is 0 Å². The van der Waals surface area contributed by atoms with Gasteiger partial charge in [-0.3, -0.25) is 4.79 Å². The maximum absolute atomic E-state index is 11.6. The Labute approximate surface area is 115 Å². The molecule has 0 fully saturated rings. The molecule has 106 valence electrons. The van der Waals surface area contributed by atoms with Crippen LogP contribution in [0.25, 0.3) is 0 Å². The van der Waals surface area contributed by atoms with Crippen LogP contribution < -0.4 is 5.32 Å². The third-order valence-corrected chi connectivity index (χ3v) is 2.95. The lowest BCUT2D eigenvalue weighted by molar-refractivity contribution is -0.147. The van der Waals surface area contributed by atoms with Crippen molar-refractivity contribution in [1.29, 1.82) is 0 Å². The van der Waals surface area contributed by atoms with Crippen molar-refractivity contribution < 1.29 is 14.3 Å². The predicted molar refractivity (Wildman–Crippen MR) is 75.8 cm³/mol. The zero-order chi connectivity index (χ0) is 13.8. The molecule has 0 spiro atoms. The van der Waals surface area contributed by atoms with Gasteiger partial charge in [0.15, 0.2) is 0 Å². The first kappa shape index (κ1) is 17.3. The molecule has 1 N–H and O–H groups in total. The van der Waals surface area contributed by atoms with E-state index >= 15 is 0 Å². The fourth-order valence-electron chi connectivity index (χ4n) is 1.58. The summed E-state index contributed by atoms with van der Waals surface area (Å²) in [6.45, 7) is 3.98. The van der Waals surface area contributed by atoms with Crippen LogP contribution in [0.2, 0.25) is 0 Å². The summed E-state index contributed by atoms with van der Waals surface area (Å²) in [4.78, 5) is 22.4. The van der Waals surface area contributed by atoms with Gasteiger partial charge in [-0.25, -0.2) is 4.79 Å². The molecule has 0 radical (unpaired) electrons. The van der Waals surface area contributed by atoms with Crippen molar-refractivity contribution in [3.8, 4) is 0 Å². The van der Waals surface area contributed by atoms with Crippen LogP contribution in [-0.4, -0.2) is 30.3 Å². The zero-order valence-electron chi connectivity index (χ0n) is 11.4. The minimum Gasteiger partial charge on any atom is -0.464 e. The van der Waals surface area contributed by atoms with Gasteiger partial charge in [-0.15, -0.1) is 0 Å². The number of thiol groups is 1. The molecule has 4 nitrogen and oxygen atoms in total. The highest BCUT2D eigenvalue weighted by Gasteiger charge is 2.18. The SMILES string of the molecule is CCCCCCCCOC(=O)[C@H](CS)NC(C)=O. The van der Waals surface area contributed by atoms with E-state index < -0.39 is 12.0 Å². The molecular formula is C13H25NO3S. The first-order valence-corrected chi connectivity index (χ1v) is 7.29. The van der Waals surface area contributed by atoms with Crippen molar-refractivity contribution in [2.75, 3.05) is 12.4 Å². The first-order valence-electron chi connectivity index (χ1n) is 6.66. The summed E-state index contributed by atoms with van der Waals surface area (Å²) >= 11 is 4.02. The Balaban J connectivity index is 3.59. The number of hydrogen-bond acceptors (Lipinski definition) is 4. The maximum Gasteiger partial charge on any atom is 0.329 e. The molecule has 18 heavy (non-hydrogen) atoms. The van der Waals surface area contributed by atoms with Gasteiger partial charge < -0.3 is 10.1 Å². The van der Waals surface area contributed by atoms with Crippen LogP contribution in [0.15, 0.2) is 0 Å². The Morgan fingerprint density at radius 3 is 2.33 bits per heavy atom. The topological polar surface area (TPSA) is 55.4 Å². The average molecular weight is 275 g/mol. The fraction of sp³-hybridized carbons (Fsp3) is 0.846. The van der Waals surface area contributed by atoms with Gasteiger partial charge in [-0.2, -0.15) is 12.6 Å². The summed E-state index contributed by atoms with van der Waals surface area (Å²) in [7, 11) is 0. The van der Waals surface area contributed by atoms with Gasteiger partial charge in [-0.1, -0.05) is 39.0 Å². The average Bonchev–Trinajstić information content (AvgIpc) is 2.34. The van der Waals surface area contributed by atoms with Crippen molar-refractivity contribution >= 4 is 24.5 Å². The molecule has 0 aliphatic heterocycles. The van der Waals surface area contributed by atoms with Gasteiger partial charge in [0.2, 0.25) is 5.91 Å². The van der Waals surface area contributed by atoms with Crippen LogP contribution in [0, 0.1) is 0 Å². The summed E-state index contributed by atoms with van der Waals surface area (Å²) in [5.41, 5.74) is 0. The highest BCUT2D eigenvalue weighted by atomic mass is 32.1. The van der Waals surface area contributed by atoms with E-state index in [0.717, 1.165) is 12.8 Å². The van der Waals surface area contributed by atoms with Crippen molar-refractivity contribution in [3.05, 3.63) is 0 Å². The molecule has 0 unspecified atom stereocenters. The molecule has 1 atom stereocenters. The Kier molecular flexibility index (Phi) is 10.9. The standard InChI is InChI=1S/C13H25NO3S/c1-3-4-5-6-7-8-9-17-13(16)12(10-18)14-11(2)15/h12,18H,3-10H2,1-2H3,(H,14,15)/t12-/m0/s1. The molecule has 0 heterocycles. The molecule has 0 saturated heterocycles. The van der Waals surface area contributed by atoms with Crippen molar-refractivity contribution in [2.24, 2.45) is 0 Å². The van der Waals surface area contributed by atoms with E-state index in [1.54, 1.807) is 0 Å². The number of carbonyl (C=O) groups is 2. The second kappa shape index (κ2) is 11.4. The maximum atomic E-state index is 11.6. The third kappa shape index (κ3) is 9.33. The van der Waals surface area contributed by atoms with Crippen LogP contribution >= 0.6 is 12.6 Å². The van der Waals surface area contributed by atoms with E-state index in [2.05, 4.69) is 24.9 Å². The van der Waals surface area contributed by atoms with E-state index in [1.165, 1.54) is 32.6 Å². The van der Waals surface area contributed by atoms with Crippen LogP contribution in [-0.2, 0) is 14.3 Å². The third-order valence-electron chi connectivity index (χ3n) is 2.59. The second-order valence-electron chi connectivity index (χ2n) is 4.37. The Bertz CT molecular complexity index is 246. The number of ether oxygens (including phenoxy) is 1. The molecule has 0 aliphatic rings. The van der Waals surface area contributed by atoms with Crippen LogP contribution in [0.4, 0.5) is 0 Å². The zero-order valence-corrected chi connectivity index (χ0v) is 12.3. The molecule has 0 rings (SSSR count). The molecule has 1 amide bonds. The fourth-order valence-corrected chi connectivity index (χ4v) is 1.82. The van der Waals surface area contributed by atoms with Gasteiger partial charge >= 0.3 is 5.97 Å². The number of nitrogens with one attached hydrogen (secondary N) is 1.